The van der Waals surface area contributed by atoms with Gasteiger partial charge >= 0.3 is 6.09 Å². The highest BCUT2D eigenvalue weighted by Crippen LogP contribution is 2.30. The predicted octanol–water partition coefficient (Wildman–Crippen LogP) is 4.11. The molecule has 1 amide bonds. The number of carbonyl (C=O) groups is 1. The Morgan fingerprint density at radius 2 is 2.07 bits per heavy atom. The van der Waals surface area contributed by atoms with Gasteiger partial charge in [-0.3, -0.25) is 4.98 Å². The van der Waals surface area contributed by atoms with Gasteiger partial charge < -0.3 is 19.6 Å². The Morgan fingerprint density at radius 1 is 1.28 bits per heavy atom. The second kappa shape index (κ2) is 8.94. The van der Waals surface area contributed by atoms with E-state index >= 15 is 0 Å². The van der Waals surface area contributed by atoms with Crippen LogP contribution in [0.1, 0.15) is 32.8 Å². The standard InChI is InChI=1S/C22H27N3O4/c1-15-9-16(12-23-11-15)19-7-5-6-8-20(19)27-14-18-10-17(25-29-18)13-24-21(26)28-22(2,3)4/h5-9,11-12,18H,10,13-14H2,1-4H3,(H,24,26). The number of aryl methyl sites for hydroxylation is 1. The molecule has 1 N–H and O–H groups in total. The maximum Gasteiger partial charge on any atom is 0.407 e. The van der Waals surface area contributed by atoms with Crippen molar-refractivity contribution in [2.45, 2.75) is 45.8 Å². The van der Waals surface area contributed by atoms with Crippen molar-refractivity contribution in [3.8, 4) is 16.9 Å². The monoisotopic (exact) mass is 397 g/mol. The van der Waals surface area contributed by atoms with E-state index in [4.69, 9.17) is 14.3 Å². The number of alkyl carbamates (subject to hydrolysis) is 1. The number of aromatic nitrogens is 1. The van der Waals surface area contributed by atoms with Crippen LogP contribution in [-0.2, 0) is 9.57 Å². The molecule has 3 rings (SSSR count). The van der Waals surface area contributed by atoms with Gasteiger partial charge in [-0.1, -0.05) is 23.4 Å². The minimum absolute atomic E-state index is 0.200. The molecule has 0 radical (unpaired) electrons. The molecule has 1 atom stereocenters. The molecule has 7 nitrogen and oxygen atoms in total. The fourth-order valence-electron chi connectivity index (χ4n) is 2.88. The summed E-state index contributed by atoms with van der Waals surface area (Å²) in [5.41, 5.74) is 3.29. The van der Waals surface area contributed by atoms with Crippen LogP contribution < -0.4 is 10.1 Å². The van der Waals surface area contributed by atoms with Gasteiger partial charge in [0.05, 0.1) is 12.3 Å². The van der Waals surface area contributed by atoms with Gasteiger partial charge in [0.15, 0.2) is 6.10 Å². The lowest BCUT2D eigenvalue weighted by Gasteiger charge is -2.19. The molecular weight excluding hydrogens is 370 g/mol. The van der Waals surface area contributed by atoms with Crippen molar-refractivity contribution in [3.63, 3.8) is 0 Å². The van der Waals surface area contributed by atoms with Crippen LogP contribution >= 0.6 is 0 Å². The number of ether oxygens (including phenoxy) is 2. The summed E-state index contributed by atoms with van der Waals surface area (Å²) in [7, 11) is 0. The van der Waals surface area contributed by atoms with Crippen LogP contribution in [0.3, 0.4) is 0 Å². The van der Waals surface area contributed by atoms with Gasteiger partial charge in [0.2, 0.25) is 0 Å². The number of rotatable bonds is 6. The number of nitrogens with zero attached hydrogens (tertiary/aromatic N) is 2. The summed E-state index contributed by atoms with van der Waals surface area (Å²) in [4.78, 5) is 21.5. The third-order valence-corrected chi connectivity index (χ3v) is 4.13. The molecule has 1 aromatic heterocycles. The SMILES string of the molecule is Cc1cncc(-c2ccccc2OCC2CC(CNC(=O)OC(C)(C)C)=NO2)c1. The van der Waals surface area contributed by atoms with Crippen LogP contribution in [0.25, 0.3) is 11.1 Å². The number of pyridine rings is 1. The molecule has 1 aliphatic heterocycles. The zero-order valence-corrected chi connectivity index (χ0v) is 17.3. The van der Waals surface area contributed by atoms with Crippen LogP contribution in [0.4, 0.5) is 4.79 Å². The van der Waals surface area contributed by atoms with Crippen LogP contribution in [-0.4, -0.2) is 41.6 Å². The maximum atomic E-state index is 11.7. The number of carbonyl (C=O) groups excluding carboxylic acids is 1. The summed E-state index contributed by atoms with van der Waals surface area (Å²) in [6.07, 6.45) is 3.56. The Morgan fingerprint density at radius 3 is 2.83 bits per heavy atom. The van der Waals surface area contributed by atoms with E-state index in [1.54, 1.807) is 0 Å². The quantitative estimate of drug-likeness (QED) is 0.793. The predicted molar refractivity (Wildman–Crippen MR) is 111 cm³/mol. The fourth-order valence-corrected chi connectivity index (χ4v) is 2.88. The summed E-state index contributed by atoms with van der Waals surface area (Å²) in [6, 6.07) is 9.92. The van der Waals surface area contributed by atoms with Crippen LogP contribution in [0.2, 0.25) is 0 Å². The van der Waals surface area contributed by atoms with E-state index in [-0.39, 0.29) is 12.6 Å². The second-order valence-corrected chi connectivity index (χ2v) is 8.00. The smallest absolute Gasteiger partial charge is 0.407 e. The van der Waals surface area contributed by atoms with Crippen LogP contribution in [0.15, 0.2) is 47.9 Å². The van der Waals surface area contributed by atoms with E-state index in [1.807, 2.05) is 64.4 Å². The lowest BCUT2D eigenvalue weighted by Crippen LogP contribution is -2.35. The number of amides is 1. The zero-order valence-electron chi connectivity index (χ0n) is 17.3. The van der Waals surface area contributed by atoms with Crippen molar-refractivity contribution in [3.05, 3.63) is 48.3 Å². The molecule has 0 bridgehead atoms. The number of hydrogen-bond donors (Lipinski definition) is 1. The fraction of sp³-hybridized carbons (Fsp3) is 0.409. The lowest BCUT2D eigenvalue weighted by atomic mass is 10.1. The highest BCUT2D eigenvalue weighted by Gasteiger charge is 2.23. The normalized spacial score (nSPS) is 16.0. The molecule has 0 saturated heterocycles. The number of hydrogen-bond acceptors (Lipinski definition) is 6. The van der Waals surface area contributed by atoms with Gasteiger partial charge in [0.1, 0.15) is 18.0 Å². The molecule has 154 valence electrons. The van der Waals surface area contributed by atoms with Gasteiger partial charge in [0.25, 0.3) is 0 Å². The van der Waals surface area contributed by atoms with Gasteiger partial charge in [-0.25, -0.2) is 4.79 Å². The first-order valence-corrected chi connectivity index (χ1v) is 9.62. The summed E-state index contributed by atoms with van der Waals surface area (Å²) in [5, 5.41) is 6.74. The summed E-state index contributed by atoms with van der Waals surface area (Å²) in [5.74, 6) is 0.767. The Bertz CT molecular complexity index is 890. The Kier molecular flexibility index (Phi) is 6.36. The average molecular weight is 397 g/mol. The van der Waals surface area contributed by atoms with Crippen molar-refractivity contribution in [1.82, 2.24) is 10.3 Å². The Labute approximate surface area is 171 Å². The highest BCUT2D eigenvalue weighted by atomic mass is 16.7. The molecule has 7 heteroatoms. The molecule has 0 fully saturated rings. The summed E-state index contributed by atoms with van der Waals surface area (Å²) >= 11 is 0. The van der Waals surface area contributed by atoms with Crippen molar-refractivity contribution < 1.29 is 19.1 Å². The van der Waals surface area contributed by atoms with Crippen molar-refractivity contribution >= 4 is 11.8 Å². The molecule has 2 aromatic rings. The lowest BCUT2D eigenvalue weighted by molar-refractivity contribution is 0.0472. The average Bonchev–Trinajstić information content (AvgIpc) is 3.12. The molecule has 1 aliphatic rings. The van der Waals surface area contributed by atoms with Crippen molar-refractivity contribution in [2.75, 3.05) is 13.2 Å². The van der Waals surface area contributed by atoms with Crippen molar-refractivity contribution in [2.24, 2.45) is 5.16 Å². The van der Waals surface area contributed by atoms with Gasteiger partial charge in [-0.15, -0.1) is 0 Å². The molecule has 1 unspecified atom stereocenters. The minimum Gasteiger partial charge on any atom is -0.489 e. The number of para-hydroxylation sites is 1. The Balaban J connectivity index is 1.51. The van der Waals surface area contributed by atoms with Gasteiger partial charge in [-0.05, 0) is 45.4 Å². The maximum absolute atomic E-state index is 11.7. The molecule has 29 heavy (non-hydrogen) atoms. The van der Waals surface area contributed by atoms with Crippen molar-refractivity contribution in [1.29, 1.82) is 0 Å². The molecule has 0 aliphatic carbocycles. The molecular formula is C22H27N3O4. The van der Waals surface area contributed by atoms with Crippen LogP contribution in [0, 0.1) is 6.92 Å². The first kappa shape index (κ1) is 20.6. The number of oxime groups is 1. The largest absolute Gasteiger partial charge is 0.489 e. The molecule has 2 heterocycles. The number of benzene rings is 1. The Hall–Kier alpha value is -3.09. The second-order valence-electron chi connectivity index (χ2n) is 8.00. The number of nitrogens with one attached hydrogen (secondary N) is 1. The van der Waals surface area contributed by atoms with E-state index in [1.165, 1.54) is 0 Å². The summed E-state index contributed by atoms with van der Waals surface area (Å²) < 4.78 is 11.2. The van der Waals surface area contributed by atoms with Gasteiger partial charge in [0, 0.05) is 29.9 Å². The van der Waals surface area contributed by atoms with E-state index in [0.717, 1.165) is 28.2 Å². The van der Waals surface area contributed by atoms with E-state index in [9.17, 15) is 4.79 Å². The first-order chi connectivity index (χ1) is 13.8. The third-order valence-electron chi connectivity index (χ3n) is 4.13. The van der Waals surface area contributed by atoms with E-state index in [0.29, 0.717) is 13.0 Å². The topological polar surface area (TPSA) is 82.0 Å². The van der Waals surface area contributed by atoms with Gasteiger partial charge in [-0.2, -0.15) is 0 Å². The van der Waals surface area contributed by atoms with Crippen LogP contribution in [0.5, 0.6) is 5.75 Å². The molecule has 0 saturated carbocycles. The zero-order chi connectivity index (χ0) is 20.9. The van der Waals surface area contributed by atoms with E-state index < -0.39 is 11.7 Å². The summed E-state index contributed by atoms with van der Waals surface area (Å²) in [6.45, 7) is 8.12. The highest BCUT2D eigenvalue weighted by molar-refractivity contribution is 5.89. The first-order valence-electron chi connectivity index (χ1n) is 9.62. The minimum atomic E-state index is -0.533. The molecule has 0 spiro atoms. The van der Waals surface area contributed by atoms with E-state index in [2.05, 4.69) is 21.5 Å². The third kappa shape index (κ3) is 6.20. The molecule has 1 aromatic carbocycles.